The Kier molecular flexibility index (Phi) is 6.01. The molecule has 26 heavy (non-hydrogen) atoms. The number of hydrazone groups is 1. The van der Waals surface area contributed by atoms with E-state index in [2.05, 4.69) is 10.4 Å². The lowest BCUT2D eigenvalue weighted by atomic mass is 10.1. The summed E-state index contributed by atoms with van der Waals surface area (Å²) < 4.78 is 51.4. The van der Waals surface area contributed by atoms with E-state index in [1.807, 2.05) is 0 Å². The van der Waals surface area contributed by atoms with E-state index in [0.717, 1.165) is 29.4 Å². The molecule has 0 bridgehead atoms. The van der Waals surface area contributed by atoms with Crippen LogP contribution in [-0.4, -0.2) is 29.2 Å². The zero-order valence-corrected chi connectivity index (χ0v) is 13.5. The fourth-order valence-corrected chi connectivity index (χ4v) is 2.09. The Balaban J connectivity index is 2.30. The molecule has 0 aliphatic heterocycles. The molecule has 0 radical (unpaired) electrons. The Bertz CT molecular complexity index is 777. The van der Waals surface area contributed by atoms with Gasteiger partial charge in [-0.05, 0) is 42.5 Å². The largest absolute Gasteiger partial charge is 0.416 e. The molecule has 0 saturated heterocycles. The molecule has 0 atom stereocenters. The SMILES string of the molecule is N/C(=N\N(N)CCO)c1ccc(F)cc1Nc1ccc(C(F)(F)F)cc1. The summed E-state index contributed by atoms with van der Waals surface area (Å²) in [6, 6.07) is 7.87. The summed E-state index contributed by atoms with van der Waals surface area (Å²) in [5.41, 5.74) is 5.84. The van der Waals surface area contributed by atoms with Crippen LogP contribution >= 0.6 is 0 Å². The van der Waals surface area contributed by atoms with Crippen LogP contribution in [0.2, 0.25) is 0 Å². The van der Waals surface area contributed by atoms with Crippen LogP contribution in [0.25, 0.3) is 0 Å². The van der Waals surface area contributed by atoms with Crippen LogP contribution in [-0.2, 0) is 6.18 Å². The Labute approximate surface area is 146 Å². The molecule has 0 aromatic heterocycles. The van der Waals surface area contributed by atoms with Crippen molar-refractivity contribution in [2.24, 2.45) is 16.7 Å². The van der Waals surface area contributed by atoms with Gasteiger partial charge in [-0.25, -0.2) is 15.4 Å². The van der Waals surface area contributed by atoms with Crippen LogP contribution in [0, 0.1) is 5.82 Å². The van der Waals surface area contributed by atoms with Gasteiger partial charge in [-0.15, -0.1) is 5.10 Å². The lowest BCUT2D eigenvalue weighted by Gasteiger charge is -2.15. The van der Waals surface area contributed by atoms with Crippen LogP contribution in [0.1, 0.15) is 11.1 Å². The van der Waals surface area contributed by atoms with Crippen LogP contribution in [0.15, 0.2) is 47.6 Å². The second-order valence-corrected chi connectivity index (χ2v) is 5.26. The van der Waals surface area contributed by atoms with E-state index in [4.69, 9.17) is 16.7 Å². The van der Waals surface area contributed by atoms with Gasteiger partial charge in [-0.1, -0.05) is 0 Å². The van der Waals surface area contributed by atoms with Crippen molar-refractivity contribution in [3.63, 3.8) is 0 Å². The summed E-state index contributed by atoms with van der Waals surface area (Å²) >= 11 is 0. The molecule has 2 aromatic carbocycles. The standard InChI is InChI=1S/C16H17F4N5O/c17-11-3-6-13(15(21)24-25(22)7-8-26)14(9-11)23-12-4-1-10(2-5-12)16(18,19)20/h1-6,9,23,26H,7-8,22H2,(H2,21,24). The van der Waals surface area contributed by atoms with Gasteiger partial charge < -0.3 is 16.2 Å². The number of amidine groups is 1. The highest BCUT2D eigenvalue weighted by Crippen LogP contribution is 2.31. The molecule has 0 saturated carbocycles. The molecule has 140 valence electrons. The van der Waals surface area contributed by atoms with Crippen molar-refractivity contribution in [3.8, 4) is 0 Å². The van der Waals surface area contributed by atoms with E-state index in [1.54, 1.807) is 0 Å². The van der Waals surface area contributed by atoms with Crippen molar-refractivity contribution in [3.05, 3.63) is 59.4 Å². The number of nitrogens with two attached hydrogens (primary N) is 2. The van der Waals surface area contributed by atoms with E-state index >= 15 is 0 Å². The maximum absolute atomic E-state index is 13.6. The molecule has 0 unspecified atom stereocenters. The number of anilines is 2. The maximum atomic E-state index is 13.6. The second-order valence-electron chi connectivity index (χ2n) is 5.26. The number of rotatable bonds is 6. The van der Waals surface area contributed by atoms with E-state index in [1.165, 1.54) is 18.2 Å². The van der Waals surface area contributed by atoms with Gasteiger partial charge in [0.1, 0.15) is 5.82 Å². The molecule has 6 N–H and O–H groups in total. The first-order valence-electron chi connectivity index (χ1n) is 7.42. The normalized spacial score (nSPS) is 12.2. The quantitative estimate of drug-likeness (QED) is 0.205. The minimum Gasteiger partial charge on any atom is -0.394 e. The smallest absolute Gasteiger partial charge is 0.394 e. The molecule has 0 aliphatic carbocycles. The number of hydrazine groups is 1. The Hall–Kier alpha value is -2.85. The lowest BCUT2D eigenvalue weighted by molar-refractivity contribution is -0.137. The van der Waals surface area contributed by atoms with Crippen molar-refractivity contribution in [1.29, 1.82) is 0 Å². The highest BCUT2D eigenvalue weighted by atomic mass is 19.4. The molecule has 2 rings (SSSR count). The summed E-state index contributed by atoms with van der Waals surface area (Å²) in [6.07, 6.45) is -4.45. The van der Waals surface area contributed by atoms with Crippen molar-refractivity contribution < 1.29 is 22.7 Å². The zero-order chi connectivity index (χ0) is 19.3. The highest BCUT2D eigenvalue weighted by Gasteiger charge is 2.29. The summed E-state index contributed by atoms with van der Waals surface area (Å²) in [5, 5.41) is 16.4. The average Bonchev–Trinajstić information content (AvgIpc) is 2.54. The first-order valence-corrected chi connectivity index (χ1v) is 7.42. The van der Waals surface area contributed by atoms with Gasteiger partial charge in [-0.3, -0.25) is 0 Å². The first-order chi connectivity index (χ1) is 12.2. The zero-order valence-electron chi connectivity index (χ0n) is 13.5. The third kappa shape index (κ3) is 5.07. The predicted octanol–water partition coefficient (Wildman–Crippen LogP) is 2.38. The topological polar surface area (TPSA) is 99.9 Å². The van der Waals surface area contributed by atoms with Gasteiger partial charge in [0.15, 0.2) is 5.84 Å². The second kappa shape index (κ2) is 8.02. The van der Waals surface area contributed by atoms with Gasteiger partial charge in [0.25, 0.3) is 0 Å². The van der Waals surface area contributed by atoms with Crippen LogP contribution in [0.4, 0.5) is 28.9 Å². The fraction of sp³-hybridized carbons (Fsp3) is 0.188. The molecule has 0 spiro atoms. The number of halogens is 4. The Morgan fingerprint density at radius 2 is 1.81 bits per heavy atom. The molecular weight excluding hydrogens is 354 g/mol. The molecule has 0 heterocycles. The van der Waals surface area contributed by atoms with Gasteiger partial charge in [0.05, 0.1) is 24.4 Å². The van der Waals surface area contributed by atoms with Crippen molar-refractivity contribution in [1.82, 2.24) is 5.12 Å². The lowest BCUT2D eigenvalue weighted by Crippen LogP contribution is -2.32. The molecular formula is C16H17F4N5O. The van der Waals surface area contributed by atoms with Crippen molar-refractivity contribution in [2.75, 3.05) is 18.5 Å². The van der Waals surface area contributed by atoms with Gasteiger partial charge in [0.2, 0.25) is 0 Å². The van der Waals surface area contributed by atoms with Gasteiger partial charge >= 0.3 is 6.18 Å². The Morgan fingerprint density at radius 1 is 1.15 bits per heavy atom. The number of hydrogen-bond donors (Lipinski definition) is 4. The molecule has 10 heteroatoms. The van der Waals surface area contributed by atoms with Crippen LogP contribution in [0.5, 0.6) is 0 Å². The molecule has 0 aliphatic rings. The first kappa shape index (κ1) is 19.5. The fourth-order valence-electron chi connectivity index (χ4n) is 2.09. The maximum Gasteiger partial charge on any atom is 0.416 e. The van der Waals surface area contributed by atoms with Crippen LogP contribution < -0.4 is 16.9 Å². The van der Waals surface area contributed by atoms with E-state index in [0.29, 0.717) is 11.3 Å². The monoisotopic (exact) mass is 371 g/mol. The van der Waals surface area contributed by atoms with Gasteiger partial charge in [-0.2, -0.15) is 13.2 Å². The minimum atomic E-state index is -4.45. The van der Waals surface area contributed by atoms with E-state index in [-0.39, 0.29) is 24.7 Å². The summed E-state index contributed by atoms with van der Waals surface area (Å²) in [6.45, 7) is -0.211. The number of nitrogens with zero attached hydrogens (tertiary/aromatic N) is 2. The highest BCUT2D eigenvalue weighted by molar-refractivity contribution is 6.02. The summed E-state index contributed by atoms with van der Waals surface area (Å²) in [4.78, 5) is 0. The average molecular weight is 371 g/mol. The van der Waals surface area contributed by atoms with Gasteiger partial charge in [0, 0.05) is 11.3 Å². The van der Waals surface area contributed by atoms with E-state index in [9.17, 15) is 17.6 Å². The number of benzene rings is 2. The van der Waals surface area contributed by atoms with E-state index < -0.39 is 17.6 Å². The third-order valence-electron chi connectivity index (χ3n) is 3.31. The molecule has 6 nitrogen and oxygen atoms in total. The summed E-state index contributed by atoms with van der Waals surface area (Å²) in [7, 11) is 0. The number of aliphatic hydroxyl groups is 1. The third-order valence-corrected chi connectivity index (χ3v) is 3.31. The number of hydrogen-bond acceptors (Lipinski definition) is 5. The molecule has 0 amide bonds. The van der Waals surface area contributed by atoms with Crippen molar-refractivity contribution >= 4 is 17.2 Å². The minimum absolute atomic E-state index is 0.0313. The van der Waals surface area contributed by atoms with Crippen molar-refractivity contribution in [2.45, 2.75) is 6.18 Å². The molecule has 0 fully saturated rings. The number of nitrogens with one attached hydrogen (secondary N) is 1. The predicted molar refractivity (Wildman–Crippen MR) is 89.8 cm³/mol. The summed E-state index contributed by atoms with van der Waals surface area (Å²) in [5.74, 6) is 4.88. The molecule has 2 aromatic rings. The van der Waals surface area contributed by atoms with Crippen LogP contribution in [0.3, 0.4) is 0 Å². The Morgan fingerprint density at radius 3 is 2.38 bits per heavy atom. The number of aliphatic hydroxyl groups excluding tert-OH is 1. The number of alkyl halides is 3.